The maximum absolute atomic E-state index is 13.3. The van der Waals surface area contributed by atoms with Crippen molar-refractivity contribution in [2.75, 3.05) is 0 Å². The van der Waals surface area contributed by atoms with E-state index in [1.54, 1.807) is 20.8 Å². The molecule has 0 aromatic rings. The summed E-state index contributed by atoms with van der Waals surface area (Å²) in [6, 6.07) is 0. The summed E-state index contributed by atoms with van der Waals surface area (Å²) in [6.07, 6.45) is -4.94. The number of alkyl halides is 3. The fraction of sp³-hybridized carbons (Fsp3) is 0.667. The zero-order chi connectivity index (χ0) is 14.0. The number of aliphatic hydroxyl groups excluding tert-OH is 1. The lowest BCUT2D eigenvalue weighted by atomic mass is 9.85. The maximum atomic E-state index is 13.3. The summed E-state index contributed by atoms with van der Waals surface area (Å²) >= 11 is 0. The van der Waals surface area contributed by atoms with Crippen molar-refractivity contribution in [3.63, 3.8) is 0 Å². The Morgan fingerprint density at radius 2 is 1.53 bits per heavy atom. The van der Waals surface area contributed by atoms with Gasteiger partial charge in [0, 0.05) is 0 Å². The average molecular weight is 254 g/mol. The van der Waals surface area contributed by atoms with Gasteiger partial charge in [-0.25, -0.2) is 4.39 Å². The lowest BCUT2D eigenvalue weighted by molar-refractivity contribution is -0.0929. The summed E-state index contributed by atoms with van der Waals surface area (Å²) in [5.74, 6) is -1.36. The van der Waals surface area contributed by atoms with Crippen LogP contribution in [0.1, 0.15) is 34.6 Å². The monoisotopic (exact) mass is 254 g/mol. The van der Waals surface area contributed by atoms with E-state index in [2.05, 4.69) is 0 Å². The standard InChI is InChI=1S/C12H18F4O/c1-7(10(17)11(3,4)5)6-9(13)8(2)12(14,15)16/h6,10,17H,1-5H3/b7-6+,9-8-. The van der Waals surface area contributed by atoms with Crippen molar-refractivity contribution in [3.8, 4) is 0 Å². The van der Waals surface area contributed by atoms with Gasteiger partial charge < -0.3 is 5.11 Å². The zero-order valence-corrected chi connectivity index (χ0v) is 10.6. The molecule has 0 amide bonds. The second kappa shape index (κ2) is 5.21. The van der Waals surface area contributed by atoms with Crippen LogP contribution in [0.15, 0.2) is 23.0 Å². The molecule has 1 unspecified atom stereocenters. The molecule has 0 aromatic carbocycles. The van der Waals surface area contributed by atoms with Gasteiger partial charge in [0.25, 0.3) is 0 Å². The zero-order valence-electron chi connectivity index (χ0n) is 10.6. The SMILES string of the molecule is C/C(=C(F)\C=C(/C)C(O)C(C)(C)C)C(F)(F)F. The van der Waals surface area contributed by atoms with Gasteiger partial charge in [-0.3, -0.25) is 0 Å². The van der Waals surface area contributed by atoms with Crippen LogP contribution < -0.4 is 0 Å². The molecule has 5 heteroatoms. The van der Waals surface area contributed by atoms with Gasteiger partial charge in [-0.1, -0.05) is 20.8 Å². The van der Waals surface area contributed by atoms with Crippen LogP contribution in [0.2, 0.25) is 0 Å². The highest BCUT2D eigenvalue weighted by atomic mass is 19.4. The van der Waals surface area contributed by atoms with E-state index in [9.17, 15) is 22.7 Å². The maximum Gasteiger partial charge on any atom is 0.415 e. The third-order valence-electron chi connectivity index (χ3n) is 2.39. The van der Waals surface area contributed by atoms with Gasteiger partial charge in [0.15, 0.2) is 0 Å². The highest BCUT2D eigenvalue weighted by Crippen LogP contribution is 2.31. The molecule has 0 heterocycles. The number of allylic oxidation sites excluding steroid dienone is 3. The molecule has 0 spiro atoms. The summed E-state index contributed by atoms with van der Waals surface area (Å²) in [4.78, 5) is 0. The fourth-order valence-electron chi connectivity index (χ4n) is 1.21. The van der Waals surface area contributed by atoms with Crippen molar-refractivity contribution in [2.24, 2.45) is 5.41 Å². The fourth-order valence-corrected chi connectivity index (χ4v) is 1.21. The molecular weight excluding hydrogens is 236 g/mol. The minimum Gasteiger partial charge on any atom is -0.388 e. The van der Waals surface area contributed by atoms with Crippen LogP contribution in [0.5, 0.6) is 0 Å². The second-order valence-electron chi connectivity index (χ2n) is 5.13. The van der Waals surface area contributed by atoms with Crippen LogP contribution in [-0.2, 0) is 0 Å². The first-order chi connectivity index (χ1) is 7.37. The summed E-state index contributed by atoms with van der Waals surface area (Å²) < 4.78 is 49.8. The molecule has 0 saturated carbocycles. The Hall–Kier alpha value is -0.840. The summed E-state index contributed by atoms with van der Waals surface area (Å²) in [7, 11) is 0. The average Bonchev–Trinajstić information content (AvgIpc) is 2.12. The molecule has 0 bridgehead atoms. The van der Waals surface area contributed by atoms with Crippen molar-refractivity contribution in [1.29, 1.82) is 0 Å². The summed E-state index contributed by atoms with van der Waals surface area (Å²) in [5.41, 5.74) is -1.68. The van der Waals surface area contributed by atoms with Crippen LogP contribution in [0, 0.1) is 5.41 Å². The highest BCUT2D eigenvalue weighted by molar-refractivity contribution is 5.26. The van der Waals surface area contributed by atoms with Gasteiger partial charge in [-0.05, 0) is 30.9 Å². The number of hydrogen-bond acceptors (Lipinski definition) is 1. The van der Waals surface area contributed by atoms with E-state index in [1.807, 2.05) is 0 Å². The molecule has 1 nitrogen and oxygen atoms in total. The van der Waals surface area contributed by atoms with Gasteiger partial charge >= 0.3 is 6.18 Å². The predicted octanol–water partition coefficient (Wildman–Crippen LogP) is 4.15. The minimum atomic E-state index is -4.69. The molecule has 0 radical (unpaired) electrons. The van der Waals surface area contributed by atoms with Gasteiger partial charge in [-0.2, -0.15) is 13.2 Å². The van der Waals surface area contributed by atoms with E-state index < -0.39 is 29.1 Å². The number of hydrogen-bond donors (Lipinski definition) is 1. The minimum absolute atomic E-state index is 0.165. The first-order valence-corrected chi connectivity index (χ1v) is 5.17. The first kappa shape index (κ1) is 16.2. The molecule has 0 fully saturated rings. The Morgan fingerprint density at radius 3 is 1.82 bits per heavy atom. The van der Waals surface area contributed by atoms with Crippen molar-refractivity contribution in [1.82, 2.24) is 0 Å². The number of rotatable bonds is 2. The van der Waals surface area contributed by atoms with Crippen molar-refractivity contribution in [3.05, 3.63) is 23.0 Å². The molecule has 17 heavy (non-hydrogen) atoms. The predicted molar refractivity (Wildman–Crippen MR) is 59.1 cm³/mol. The smallest absolute Gasteiger partial charge is 0.388 e. The Bertz CT molecular complexity index is 331. The Balaban J connectivity index is 5.19. The van der Waals surface area contributed by atoms with Crippen LogP contribution >= 0.6 is 0 Å². The Kier molecular flexibility index (Phi) is 4.95. The van der Waals surface area contributed by atoms with Crippen LogP contribution in [0.3, 0.4) is 0 Å². The highest BCUT2D eigenvalue weighted by Gasteiger charge is 2.33. The number of halogens is 4. The van der Waals surface area contributed by atoms with Crippen molar-refractivity contribution < 1.29 is 22.7 Å². The van der Waals surface area contributed by atoms with E-state index in [1.165, 1.54) is 6.92 Å². The molecule has 0 aliphatic heterocycles. The molecule has 1 N–H and O–H groups in total. The van der Waals surface area contributed by atoms with Gasteiger partial charge in [-0.15, -0.1) is 0 Å². The molecule has 0 aromatic heterocycles. The topological polar surface area (TPSA) is 20.2 Å². The van der Waals surface area contributed by atoms with Gasteiger partial charge in [0.1, 0.15) is 5.83 Å². The second-order valence-corrected chi connectivity index (χ2v) is 5.13. The van der Waals surface area contributed by atoms with E-state index in [0.717, 1.165) is 6.08 Å². The summed E-state index contributed by atoms with van der Waals surface area (Å²) in [6.45, 7) is 7.22. The number of aliphatic hydroxyl groups is 1. The van der Waals surface area contributed by atoms with Crippen molar-refractivity contribution in [2.45, 2.75) is 46.9 Å². The van der Waals surface area contributed by atoms with Crippen LogP contribution in [0.4, 0.5) is 17.6 Å². The molecule has 0 aliphatic carbocycles. The first-order valence-electron chi connectivity index (χ1n) is 5.17. The van der Waals surface area contributed by atoms with E-state index in [0.29, 0.717) is 6.92 Å². The normalized spacial score (nSPS) is 17.9. The molecule has 1 atom stereocenters. The van der Waals surface area contributed by atoms with Gasteiger partial charge in [0.2, 0.25) is 0 Å². The van der Waals surface area contributed by atoms with Crippen LogP contribution in [0.25, 0.3) is 0 Å². The van der Waals surface area contributed by atoms with E-state index in [4.69, 9.17) is 0 Å². The molecule has 100 valence electrons. The lowest BCUT2D eigenvalue weighted by Crippen LogP contribution is -2.27. The quantitative estimate of drug-likeness (QED) is 0.580. The molecule has 0 rings (SSSR count). The largest absolute Gasteiger partial charge is 0.415 e. The van der Waals surface area contributed by atoms with Crippen LogP contribution in [-0.4, -0.2) is 17.4 Å². The third-order valence-corrected chi connectivity index (χ3v) is 2.39. The lowest BCUT2D eigenvalue weighted by Gasteiger charge is -2.26. The van der Waals surface area contributed by atoms with E-state index >= 15 is 0 Å². The van der Waals surface area contributed by atoms with E-state index in [-0.39, 0.29) is 5.57 Å². The Morgan fingerprint density at radius 1 is 1.12 bits per heavy atom. The summed E-state index contributed by atoms with van der Waals surface area (Å²) in [5, 5.41) is 9.75. The third kappa shape index (κ3) is 4.89. The van der Waals surface area contributed by atoms with Crippen molar-refractivity contribution >= 4 is 0 Å². The molecule has 0 saturated heterocycles. The molecule has 0 aliphatic rings. The molecular formula is C12H18F4O. The van der Waals surface area contributed by atoms with Gasteiger partial charge in [0.05, 0.1) is 11.7 Å². The Labute approximate surface area is 98.8 Å².